The molecule has 2 unspecified atom stereocenters. The Morgan fingerprint density at radius 3 is 2.44 bits per heavy atom. The average Bonchev–Trinajstić information content (AvgIpc) is 2.27. The lowest BCUT2D eigenvalue weighted by Gasteiger charge is -2.22. The molecule has 2 atom stereocenters. The summed E-state index contributed by atoms with van der Waals surface area (Å²) in [5.74, 6) is 0. The Morgan fingerprint density at radius 1 is 1.12 bits per heavy atom. The molecule has 0 heterocycles. The van der Waals surface area contributed by atoms with Crippen LogP contribution in [0.2, 0.25) is 0 Å². The first kappa shape index (κ1) is 15.9. The molecule has 0 aromatic rings. The van der Waals surface area contributed by atoms with Gasteiger partial charge >= 0.3 is 0 Å². The molecular weight excluding hydrogens is 202 g/mol. The summed E-state index contributed by atoms with van der Waals surface area (Å²) in [6, 6.07) is 0. The summed E-state index contributed by atoms with van der Waals surface area (Å²) in [7, 11) is 0. The van der Waals surface area contributed by atoms with Gasteiger partial charge in [0.1, 0.15) is 0 Å². The third-order valence-electron chi connectivity index (χ3n) is 2.39. The zero-order chi connectivity index (χ0) is 12.2. The van der Waals surface area contributed by atoms with E-state index in [0.717, 1.165) is 26.1 Å². The fraction of sp³-hybridized carbons (Fsp3) is 1.00. The molecule has 0 spiro atoms. The average molecular weight is 231 g/mol. The Balaban J connectivity index is 3.72. The van der Waals surface area contributed by atoms with Crippen LogP contribution >= 0.6 is 0 Å². The second kappa shape index (κ2) is 11.4. The molecule has 1 N–H and O–H groups in total. The van der Waals surface area contributed by atoms with Gasteiger partial charge in [0.05, 0.1) is 18.8 Å². The van der Waals surface area contributed by atoms with Crippen molar-refractivity contribution in [3.05, 3.63) is 0 Å². The van der Waals surface area contributed by atoms with Crippen molar-refractivity contribution in [2.45, 2.75) is 59.2 Å². The van der Waals surface area contributed by atoms with E-state index in [1.165, 1.54) is 12.8 Å². The van der Waals surface area contributed by atoms with E-state index in [-0.39, 0.29) is 6.10 Å². The van der Waals surface area contributed by atoms with Gasteiger partial charge in [-0.25, -0.2) is 0 Å². The van der Waals surface area contributed by atoms with Gasteiger partial charge in [-0.1, -0.05) is 20.3 Å². The van der Waals surface area contributed by atoms with Crippen LogP contribution in [0.15, 0.2) is 0 Å². The fourth-order valence-electron chi connectivity index (χ4n) is 1.63. The van der Waals surface area contributed by atoms with Crippen LogP contribution in [0.25, 0.3) is 0 Å². The standard InChI is InChI=1S/C13H29NO2/c1-5-8-13(10-14-9-6-2)16-12(4)11-15-7-3/h12-14H,5-11H2,1-4H3. The lowest BCUT2D eigenvalue weighted by Crippen LogP contribution is -2.33. The van der Waals surface area contributed by atoms with E-state index in [1.807, 2.05) is 6.92 Å². The Morgan fingerprint density at radius 2 is 1.88 bits per heavy atom. The molecule has 0 aliphatic rings. The van der Waals surface area contributed by atoms with Gasteiger partial charge < -0.3 is 14.8 Å². The van der Waals surface area contributed by atoms with Crippen LogP contribution in [-0.4, -0.2) is 38.5 Å². The Kier molecular flexibility index (Phi) is 11.3. The third kappa shape index (κ3) is 9.13. The second-order valence-corrected chi connectivity index (χ2v) is 4.22. The van der Waals surface area contributed by atoms with Crippen LogP contribution in [0.3, 0.4) is 0 Å². The highest BCUT2D eigenvalue weighted by molar-refractivity contribution is 4.63. The van der Waals surface area contributed by atoms with Gasteiger partial charge in [0, 0.05) is 13.2 Å². The summed E-state index contributed by atoms with van der Waals surface area (Å²) in [6.45, 7) is 12.0. The number of hydrogen-bond donors (Lipinski definition) is 1. The maximum Gasteiger partial charge on any atom is 0.0784 e. The Labute approximate surface area is 101 Å². The van der Waals surface area contributed by atoms with Crippen LogP contribution in [0, 0.1) is 0 Å². The molecule has 0 bridgehead atoms. The molecule has 0 aliphatic heterocycles. The molecule has 0 amide bonds. The molecular formula is C13H29NO2. The third-order valence-corrected chi connectivity index (χ3v) is 2.39. The highest BCUT2D eigenvalue weighted by Crippen LogP contribution is 2.05. The molecule has 0 radical (unpaired) electrons. The fourth-order valence-corrected chi connectivity index (χ4v) is 1.63. The summed E-state index contributed by atoms with van der Waals surface area (Å²) >= 11 is 0. The van der Waals surface area contributed by atoms with E-state index < -0.39 is 0 Å². The quantitative estimate of drug-likeness (QED) is 0.554. The van der Waals surface area contributed by atoms with Gasteiger partial charge in [-0.2, -0.15) is 0 Å². The maximum atomic E-state index is 5.95. The molecule has 16 heavy (non-hydrogen) atoms. The van der Waals surface area contributed by atoms with Gasteiger partial charge in [-0.15, -0.1) is 0 Å². The highest BCUT2D eigenvalue weighted by Gasteiger charge is 2.12. The molecule has 0 saturated carbocycles. The molecule has 0 aliphatic carbocycles. The zero-order valence-corrected chi connectivity index (χ0v) is 11.4. The van der Waals surface area contributed by atoms with E-state index in [1.54, 1.807) is 0 Å². The minimum atomic E-state index is 0.194. The minimum Gasteiger partial charge on any atom is -0.379 e. The number of ether oxygens (including phenoxy) is 2. The van der Waals surface area contributed by atoms with Crippen molar-refractivity contribution in [3.8, 4) is 0 Å². The van der Waals surface area contributed by atoms with E-state index >= 15 is 0 Å². The topological polar surface area (TPSA) is 30.5 Å². The first-order valence-corrected chi connectivity index (χ1v) is 6.68. The molecule has 0 rings (SSSR count). The maximum absolute atomic E-state index is 5.95. The summed E-state index contributed by atoms with van der Waals surface area (Å²) in [5, 5.41) is 3.42. The predicted octanol–water partition coefficient (Wildman–Crippen LogP) is 2.60. The molecule has 0 fully saturated rings. The molecule has 0 aromatic carbocycles. The SMILES string of the molecule is CCCNCC(CCC)OC(C)COCC. The predicted molar refractivity (Wildman–Crippen MR) is 68.9 cm³/mol. The first-order valence-electron chi connectivity index (χ1n) is 6.68. The van der Waals surface area contributed by atoms with Crippen LogP contribution in [0.1, 0.15) is 47.0 Å². The van der Waals surface area contributed by atoms with Crippen LogP contribution in [0.5, 0.6) is 0 Å². The van der Waals surface area contributed by atoms with Crippen molar-refractivity contribution in [1.29, 1.82) is 0 Å². The molecule has 3 heteroatoms. The van der Waals surface area contributed by atoms with Crippen molar-refractivity contribution in [2.24, 2.45) is 0 Å². The lowest BCUT2D eigenvalue weighted by atomic mass is 10.2. The highest BCUT2D eigenvalue weighted by atomic mass is 16.5. The van der Waals surface area contributed by atoms with Crippen LogP contribution in [0.4, 0.5) is 0 Å². The molecule has 0 saturated heterocycles. The summed E-state index contributed by atoms with van der Waals surface area (Å²) in [4.78, 5) is 0. The summed E-state index contributed by atoms with van der Waals surface area (Å²) in [5.41, 5.74) is 0. The van der Waals surface area contributed by atoms with Crippen molar-refractivity contribution in [1.82, 2.24) is 5.32 Å². The summed E-state index contributed by atoms with van der Waals surface area (Å²) in [6.07, 6.45) is 3.98. The first-order chi connectivity index (χ1) is 7.74. The van der Waals surface area contributed by atoms with Crippen molar-refractivity contribution >= 4 is 0 Å². The molecule has 3 nitrogen and oxygen atoms in total. The van der Waals surface area contributed by atoms with Crippen LogP contribution < -0.4 is 5.32 Å². The second-order valence-electron chi connectivity index (χ2n) is 4.22. The van der Waals surface area contributed by atoms with Gasteiger partial charge in [0.25, 0.3) is 0 Å². The Hall–Kier alpha value is -0.120. The minimum absolute atomic E-state index is 0.194. The van der Waals surface area contributed by atoms with Gasteiger partial charge in [-0.3, -0.25) is 0 Å². The van der Waals surface area contributed by atoms with Crippen molar-refractivity contribution < 1.29 is 9.47 Å². The van der Waals surface area contributed by atoms with Gasteiger partial charge in [0.2, 0.25) is 0 Å². The molecule has 0 aromatic heterocycles. The number of rotatable bonds is 11. The monoisotopic (exact) mass is 231 g/mol. The zero-order valence-electron chi connectivity index (χ0n) is 11.4. The van der Waals surface area contributed by atoms with Crippen molar-refractivity contribution in [2.75, 3.05) is 26.3 Å². The summed E-state index contributed by atoms with van der Waals surface area (Å²) < 4.78 is 11.3. The lowest BCUT2D eigenvalue weighted by molar-refractivity contribution is -0.0482. The van der Waals surface area contributed by atoms with E-state index in [0.29, 0.717) is 12.7 Å². The van der Waals surface area contributed by atoms with Crippen molar-refractivity contribution in [3.63, 3.8) is 0 Å². The smallest absolute Gasteiger partial charge is 0.0784 e. The van der Waals surface area contributed by atoms with E-state index in [4.69, 9.17) is 9.47 Å². The normalized spacial score (nSPS) is 15.0. The largest absolute Gasteiger partial charge is 0.379 e. The number of hydrogen-bond acceptors (Lipinski definition) is 3. The van der Waals surface area contributed by atoms with E-state index in [2.05, 4.69) is 26.1 Å². The van der Waals surface area contributed by atoms with Gasteiger partial charge in [0.15, 0.2) is 0 Å². The molecule has 98 valence electrons. The van der Waals surface area contributed by atoms with Crippen LogP contribution in [-0.2, 0) is 9.47 Å². The number of nitrogens with one attached hydrogen (secondary N) is 1. The van der Waals surface area contributed by atoms with Gasteiger partial charge in [-0.05, 0) is 33.2 Å². The Bertz CT molecular complexity index is 142. The van der Waals surface area contributed by atoms with E-state index in [9.17, 15) is 0 Å².